The zero-order chi connectivity index (χ0) is 11.4. The molecular weight excluding hydrogens is 199 g/mol. The van der Waals surface area contributed by atoms with Gasteiger partial charge in [0, 0.05) is 12.7 Å². The van der Waals surface area contributed by atoms with E-state index in [2.05, 4.69) is 0 Å². The largest absolute Gasteiger partial charge is 0.504 e. The van der Waals surface area contributed by atoms with E-state index in [0.717, 1.165) is 18.2 Å². The number of halogens is 1. The molecule has 0 aliphatic carbocycles. The van der Waals surface area contributed by atoms with Gasteiger partial charge in [-0.1, -0.05) is 6.92 Å². The number of rotatable bonds is 3. The summed E-state index contributed by atoms with van der Waals surface area (Å²) < 4.78 is 18.1. The van der Waals surface area contributed by atoms with E-state index in [1.54, 1.807) is 0 Å². The van der Waals surface area contributed by atoms with Crippen LogP contribution in [0.15, 0.2) is 23.0 Å². The summed E-state index contributed by atoms with van der Waals surface area (Å²) in [6.45, 7) is 1.82. The van der Waals surface area contributed by atoms with E-state index in [1.165, 1.54) is 7.11 Å². The van der Waals surface area contributed by atoms with Crippen molar-refractivity contribution in [3.63, 3.8) is 0 Å². The van der Waals surface area contributed by atoms with Crippen LogP contribution >= 0.6 is 0 Å². The van der Waals surface area contributed by atoms with Gasteiger partial charge in [0.25, 0.3) is 0 Å². The molecule has 1 atom stereocenters. The quantitative estimate of drug-likeness (QED) is 0.833. The van der Waals surface area contributed by atoms with Crippen LogP contribution in [0.3, 0.4) is 0 Å². The molecule has 1 aromatic carbocycles. The van der Waals surface area contributed by atoms with Gasteiger partial charge in [-0.3, -0.25) is 4.79 Å². The summed E-state index contributed by atoms with van der Waals surface area (Å²) in [7, 11) is 1.45. The summed E-state index contributed by atoms with van der Waals surface area (Å²) >= 11 is 0. The molecular formula is C11H13FO3. The smallest absolute Gasteiger partial charge is 0.220 e. The van der Waals surface area contributed by atoms with Crippen molar-refractivity contribution in [2.75, 3.05) is 7.11 Å². The third-order valence-corrected chi connectivity index (χ3v) is 2.20. The Morgan fingerprint density at radius 1 is 1.53 bits per heavy atom. The molecule has 0 aliphatic heterocycles. The zero-order valence-corrected chi connectivity index (χ0v) is 8.66. The topological polar surface area (TPSA) is 46.5 Å². The van der Waals surface area contributed by atoms with Gasteiger partial charge in [-0.15, -0.1) is 0 Å². The minimum atomic E-state index is -0.607. The fraction of sp³-hybridized carbons (Fsp3) is 0.364. The average Bonchev–Trinajstić information content (AvgIpc) is 2.35. The lowest BCUT2D eigenvalue weighted by Crippen LogP contribution is -2.03. The van der Waals surface area contributed by atoms with Gasteiger partial charge in [-0.05, 0) is 24.6 Å². The van der Waals surface area contributed by atoms with Gasteiger partial charge in [0.1, 0.15) is 5.82 Å². The summed E-state index contributed by atoms with van der Waals surface area (Å²) in [5.41, 5.74) is -0.420. The number of methoxy groups -OCH3 is 1. The van der Waals surface area contributed by atoms with Gasteiger partial charge >= 0.3 is 0 Å². The Hall–Kier alpha value is -1.42. The van der Waals surface area contributed by atoms with Crippen LogP contribution in [-0.2, 0) is 4.74 Å². The normalized spacial score (nSPS) is 12.5. The Bertz CT molecular complexity index is 400. The Morgan fingerprint density at radius 3 is 2.73 bits per heavy atom. The lowest BCUT2D eigenvalue weighted by atomic mass is 10.1. The number of hydrogen-bond acceptors (Lipinski definition) is 3. The molecule has 0 fully saturated rings. The van der Waals surface area contributed by atoms with Gasteiger partial charge in [0.15, 0.2) is 5.75 Å². The van der Waals surface area contributed by atoms with Crippen molar-refractivity contribution < 1.29 is 14.2 Å². The van der Waals surface area contributed by atoms with Gasteiger partial charge in [-0.25, -0.2) is 4.39 Å². The molecule has 1 aromatic rings. The van der Waals surface area contributed by atoms with Gasteiger partial charge < -0.3 is 9.84 Å². The van der Waals surface area contributed by atoms with Crippen molar-refractivity contribution in [2.24, 2.45) is 0 Å². The second-order valence-electron chi connectivity index (χ2n) is 3.16. The van der Waals surface area contributed by atoms with Crippen molar-refractivity contribution in [2.45, 2.75) is 19.4 Å². The maximum atomic E-state index is 13.1. The first kappa shape index (κ1) is 11.7. The third-order valence-electron chi connectivity index (χ3n) is 2.20. The van der Waals surface area contributed by atoms with E-state index in [4.69, 9.17) is 4.74 Å². The molecule has 0 bridgehead atoms. The average molecular weight is 212 g/mol. The molecule has 15 heavy (non-hydrogen) atoms. The van der Waals surface area contributed by atoms with Gasteiger partial charge in [0.2, 0.25) is 5.43 Å². The molecule has 1 N–H and O–H groups in total. The van der Waals surface area contributed by atoms with Crippen molar-refractivity contribution in [3.05, 3.63) is 39.8 Å². The first-order chi connectivity index (χ1) is 7.10. The summed E-state index contributed by atoms with van der Waals surface area (Å²) in [6.07, 6.45) is 0.0760. The van der Waals surface area contributed by atoms with Crippen LogP contribution in [0.2, 0.25) is 0 Å². The van der Waals surface area contributed by atoms with Gasteiger partial charge in [-0.2, -0.15) is 0 Å². The van der Waals surface area contributed by atoms with E-state index < -0.39 is 23.1 Å². The maximum Gasteiger partial charge on any atom is 0.220 e. The van der Waals surface area contributed by atoms with Gasteiger partial charge in [0.05, 0.1) is 6.10 Å². The lowest BCUT2D eigenvalue weighted by Gasteiger charge is -2.12. The van der Waals surface area contributed by atoms with E-state index >= 15 is 0 Å². The molecule has 0 amide bonds. The minimum Gasteiger partial charge on any atom is -0.504 e. The van der Waals surface area contributed by atoms with Crippen LogP contribution in [0.1, 0.15) is 25.0 Å². The molecule has 0 spiro atoms. The second-order valence-corrected chi connectivity index (χ2v) is 3.16. The highest BCUT2D eigenvalue weighted by Gasteiger charge is 2.14. The Kier molecular flexibility index (Phi) is 3.80. The Labute approximate surface area is 87.1 Å². The molecule has 0 heterocycles. The number of aromatic hydroxyl groups is 1. The first-order valence-electron chi connectivity index (χ1n) is 4.65. The Balaban J connectivity index is 3.40. The number of ether oxygens (including phenoxy) is 1. The Morgan fingerprint density at radius 2 is 2.20 bits per heavy atom. The highest BCUT2D eigenvalue weighted by atomic mass is 19.1. The third kappa shape index (κ3) is 2.53. The van der Waals surface area contributed by atoms with Crippen LogP contribution in [0, 0.1) is 5.82 Å². The molecule has 0 saturated heterocycles. The van der Waals surface area contributed by atoms with Crippen LogP contribution in [0.4, 0.5) is 4.39 Å². The molecule has 1 unspecified atom stereocenters. The summed E-state index contributed by atoms with van der Waals surface area (Å²) in [6, 6.07) is 3.14. The lowest BCUT2D eigenvalue weighted by molar-refractivity contribution is 0.0975. The number of hydrogen-bond donors (Lipinski definition) is 1. The van der Waals surface area contributed by atoms with E-state index in [9.17, 15) is 14.3 Å². The SMILES string of the molecule is CCC(OC)c1cc(F)ccc(=O)c1O. The standard InChI is InChI=1S/C11H13FO3/c1-3-10(15-2)8-6-7(12)4-5-9(13)11(8)14/h4-6,10H,3H2,1-2H3,(H,13,14). The van der Waals surface area contributed by atoms with Crippen molar-refractivity contribution >= 4 is 0 Å². The highest BCUT2D eigenvalue weighted by molar-refractivity contribution is 5.33. The fourth-order valence-corrected chi connectivity index (χ4v) is 1.40. The van der Waals surface area contributed by atoms with E-state index in [1.807, 2.05) is 6.92 Å². The zero-order valence-electron chi connectivity index (χ0n) is 8.66. The van der Waals surface area contributed by atoms with Crippen LogP contribution in [0.5, 0.6) is 5.75 Å². The van der Waals surface area contributed by atoms with E-state index in [-0.39, 0.29) is 5.56 Å². The molecule has 3 nitrogen and oxygen atoms in total. The molecule has 82 valence electrons. The molecule has 1 rings (SSSR count). The van der Waals surface area contributed by atoms with Crippen molar-refractivity contribution in [3.8, 4) is 5.75 Å². The summed E-state index contributed by atoms with van der Waals surface area (Å²) in [5, 5.41) is 9.56. The predicted molar refractivity (Wildman–Crippen MR) is 54.4 cm³/mol. The first-order valence-corrected chi connectivity index (χ1v) is 4.65. The van der Waals surface area contributed by atoms with Crippen LogP contribution in [-0.4, -0.2) is 12.2 Å². The summed E-state index contributed by atoms with van der Waals surface area (Å²) in [4.78, 5) is 11.3. The molecule has 0 aliphatic rings. The molecule has 0 saturated carbocycles. The van der Waals surface area contributed by atoms with Crippen molar-refractivity contribution in [1.82, 2.24) is 0 Å². The molecule has 4 heteroatoms. The monoisotopic (exact) mass is 212 g/mol. The molecule has 0 radical (unpaired) electrons. The highest BCUT2D eigenvalue weighted by Crippen LogP contribution is 2.25. The molecule has 0 aromatic heterocycles. The second kappa shape index (κ2) is 4.89. The maximum absolute atomic E-state index is 13.1. The minimum absolute atomic E-state index is 0.188. The van der Waals surface area contributed by atoms with Crippen molar-refractivity contribution in [1.29, 1.82) is 0 Å². The predicted octanol–water partition coefficient (Wildman–Crippen LogP) is 1.99. The van der Waals surface area contributed by atoms with Crippen LogP contribution in [0.25, 0.3) is 0 Å². The van der Waals surface area contributed by atoms with Crippen LogP contribution < -0.4 is 5.43 Å². The van der Waals surface area contributed by atoms with E-state index in [0.29, 0.717) is 6.42 Å². The summed E-state index contributed by atoms with van der Waals surface area (Å²) in [5.74, 6) is -1.02. The fourth-order valence-electron chi connectivity index (χ4n) is 1.40.